The number of aryl methyl sites for hydroxylation is 1. The van der Waals surface area contributed by atoms with E-state index in [0.29, 0.717) is 17.1 Å². The van der Waals surface area contributed by atoms with Crippen molar-refractivity contribution in [3.63, 3.8) is 0 Å². The topological polar surface area (TPSA) is 35.5 Å². The third-order valence-corrected chi connectivity index (χ3v) is 3.49. The van der Waals surface area contributed by atoms with E-state index in [-0.39, 0.29) is 5.78 Å². The van der Waals surface area contributed by atoms with E-state index in [1.807, 2.05) is 32.0 Å². The van der Waals surface area contributed by atoms with Crippen LogP contribution in [0.5, 0.6) is 11.5 Å². The summed E-state index contributed by atoms with van der Waals surface area (Å²) in [6, 6.07) is 11.0. The summed E-state index contributed by atoms with van der Waals surface area (Å²) in [7, 11) is 3.13. The Morgan fingerprint density at radius 2 is 1.65 bits per heavy atom. The van der Waals surface area contributed by atoms with Crippen LogP contribution in [0.15, 0.2) is 36.4 Å². The average Bonchev–Trinajstić information content (AvgIpc) is 2.48. The van der Waals surface area contributed by atoms with Crippen molar-refractivity contribution < 1.29 is 14.3 Å². The number of ether oxygens (including phenoxy) is 2. The van der Waals surface area contributed by atoms with Crippen LogP contribution in [0.4, 0.5) is 0 Å². The third-order valence-electron chi connectivity index (χ3n) is 3.49. The van der Waals surface area contributed by atoms with Gasteiger partial charge in [-0.15, -0.1) is 0 Å². The second-order valence-electron chi connectivity index (χ2n) is 4.65. The van der Waals surface area contributed by atoms with E-state index in [1.54, 1.807) is 32.4 Å². The highest BCUT2D eigenvalue weighted by Gasteiger charge is 2.15. The standard InChI is InChI=1S/C17H18O3/c1-11-6-5-7-14(12(11)2)17(18)13-8-9-15(19-3)16(10-13)20-4/h5-10H,1-4H3. The summed E-state index contributed by atoms with van der Waals surface area (Å²) in [5, 5.41) is 0. The van der Waals surface area contributed by atoms with Crippen LogP contribution in [0, 0.1) is 13.8 Å². The summed E-state index contributed by atoms with van der Waals surface area (Å²) in [5.41, 5.74) is 3.43. The monoisotopic (exact) mass is 270 g/mol. The fourth-order valence-electron chi connectivity index (χ4n) is 2.13. The Morgan fingerprint density at radius 1 is 0.950 bits per heavy atom. The third kappa shape index (κ3) is 2.52. The first-order chi connectivity index (χ1) is 9.58. The molecule has 2 aromatic carbocycles. The molecule has 0 aliphatic heterocycles. The highest BCUT2D eigenvalue weighted by Crippen LogP contribution is 2.29. The number of ketones is 1. The van der Waals surface area contributed by atoms with E-state index < -0.39 is 0 Å². The Bertz CT molecular complexity index is 645. The Morgan fingerprint density at radius 3 is 2.30 bits per heavy atom. The van der Waals surface area contributed by atoms with E-state index in [0.717, 1.165) is 16.7 Å². The van der Waals surface area contributed by atoms with Gasteiger partial charge in [0.25, 0.3) is 0 Å². The molecule has 0 radical (unpaired) electrons. The van der Waals surface area contributed by atoms with E-state index in [1.165, 1.54) is 0 Å². The largest absolute Gasteiger partial charge is 0.493 e. The summed E-state index contributed by atoms with van der Waals surface area (Å²) in [4.78, 5) is 12.6. The molecule has 2 aromatic rings. The lowest BCUT2D eigenvalue weighted by Crippen LogP contribution is -2.05. The van der Waals surface area contributed by atoms with Crippen molar-refractivity contribution in [1.82, 2.24) is 0 Å². The smallest absolute Gasteiger partial charge is 0.193 e. The number of rotatable bonds is 4. The fraction of sp³-hybridized carbons (Fsp3) is 0.235. The minimum absolute atomic E-state index is 0.00727. The fourth-order valence-corrected chi connectivity index (χ4v) is 2.13. The van der Waals surface area contributed by atoms with E-state index in [2.05, 4.69) is 0 Å². The maximum Gasteiger partial charge on any atom is 0.193 e. The van der Waals surface area contributed by atoms with Crippen LogP contribution in [0.2, 0.25) is 0 Å². The Labute approximate surface area is 119 Å². The van der Waals surface area contributed by atoms with Crippen LogP contribution in [-0.2, 0) is 0 Å². The molecule has 0 aliphatic rings. The Hall–Kier alpha value is -2.29. The second-order valence-corrected chi connectivity index (χ2v) is 4.65. The lowest BCUT2D eigenvalue weighted by atomic mass is 9.96. The molecule has 0 atom stereocenters. The van der Waals surface area contributed by atoms with Crippen LogP contribution < -0.4 is 9.47 Å². The molecule has 0 spiro atoms. The van der Waals surface area contributed by atoms with Gasteiger partial charge in [0, 0.05) is 11.1 Å². The number of benzene rings is 2. The summed E-state index contributed by atoms with van der Waals surface area (Å²) >= 11 is 0. The summed E-state index contributed by atoms with van der Waals surface area (Å²) in [5.74, 6) is 1.17. The Balaban J connectivity index is 2.46. The molecule has 0 aromatic heterocycles. The molecule has 0 unspecified atom stereocenters. The highest BCUT2D eigenvalue weighted by molar-refractivity contribution is 6.10. The molecule has 104 valence electrons. The normalized spacial score (nSPS) is 10.2. The SMILES string of the molecule is COc1ccc(C(=O)c2cccc(C)c2C)cc1OC. The van der Waals surface area contributed by atoms with Crippen LogP contribution >= 0.6 is 0 Å². The first-order valence-electron chi connectivity index (χ1n) is 6.41. The van der Waals surface area contributed by atoms with Gasteiger partial charge < -0.3 is 9.47 Å². The van der Waals surface area contributed by atoms with Gasteiger partial charge in [-0.25, -0.2) is 0 Å². The minimum atomic E-state index is -0.00727. The van der Waals surface area contributed by atoms with Crippen molar-refractivity contribution in [3.8, 4) is 11.5 Å². The van der Waals surface area contributed by atoms with Gasteiger partial charge in [0.05, 0.1) is 14.2 Å². The van der Waals surface area contributed by atoms with Crippen molar-refractivity contribution in [3.05, 3.63) is 58.7 Å². The van der Waals surface area contributed by atoms with Gasteiger partial charge in [0.1, 0.15) is 0 Å². The molecule has 0 fully saturated rings. The first-order valence-corrected chi connectivity index (χ1v) is 6.41. The molecule has 0 bridgehead atoms. The molecule has 3 heteroatoms. The van der Waals surface area contributed by atoms with E-state index in [9.17, 15) is 4.79 Å². The number of hydrogen-bond donors (Lipinski definition) is 0. The van der Waals surface area contributed by atoms with E-state index in [4.69, 9.17) is 9.47 Å². The average molecular weight is 270 g/mol. The second kappa shape index (κ2) is 5.78. The maximum atomic E-state index is 12.6. The van der Waals surface area contributed by atoms with Crippen LogP contribution in [-0.4, -0.2) is 20.0 Å². The van der Waals surface area contributed by atoms with Gasteiger partial charge in [-0.05, 0) is 43.2 Å². The molecular formula is C17H18O3. The number of methoxy groups -OCH3 is 2. The zero-order valence-corrected chi connectivity index (χ0v) is 12.2. The molecule has 0 saturated heterocycles. The zero-order valence-electron chi connectivity index (χ0n) is 12.2. The van der Waals surface area contributed by atoms with Gasteiger partial charge in [-0.1, -0.05) is 18.2 Å². The van der Waals surface area contributed by atoms with Gasteiger partial charge in [-0.3, -0.25) is 4.79 Å². The summed E-state index contributed by atoms with van der Waals surface area (Å²) in [6.07, 6.45) is 0. The molecular weight excluding hydrogens is 252 g/mol. The highest BCUT2D eigenvalue weighted by atomic mass is 16.5. The molecule has 0 aliphatic carbocycles. The molecule has 2 rings (SSSR count). The van der Waals surface area contributed by atoms with Crippen molar-refractivity contribution in [2.75, 3.05) is 14.2 Å². The maximum absolute atomic E-state index is 12.6. The molecule has 3 nitrogen and oxygen atoms in total. The lowest BCUT2D eigenvalue weighted by Gasteiger charge is -2.11. The van der Waals surface area contributed by atoms with Crippen LogP contribution in [0.25, 0.3) is 0 Å². The van der Waals surface area contributed by atoms with Gasteiger partial charge in [0.2, 0.25) is 0 Å². The van der Waals surface area contributed by atoms with Crippen molar-refractivity contribution in [2.24, 2.45) is 0 Å². The van der Waals surface area contributed by atoms with Crippen molar-refractivity contribution in [1.29, 1.82) is 0 Å². The zero-order chi connectivity index (χ0) is 14.7. The van der Waals surface area contributed by atoms with Crippen LogP contribution in [0.1, 0.15) is 27.0 Å². The quantitative estimate of drug-likeness (QED) is 0.797. The number of hydrogen-bond acceptors (Lipinski definition) is 3. The first kappa shape index (κ1) is 14.1. The molecule has 0 N–H and O–H groups in total. The van der Waals surface area contributed by atoms with Gasteiger partial charge in [-0.2, -0.15) is 0 Å². The molecule has 0 amide bonds. The van der Waals surface area contributed by atoms with Crippen molar-refractivity contribution >= 4 is 5.78 Å². The summed E-state index contributed by atoms with van der Waals surface area (Å²) in [6.45, 7) is 3.96. The van der Waals surface area contributed by atoms with E-state index >= 15 is 0 Å². The van der Waals surface area contributed by atoms with Crippen molar-refractivity contribution in [2.45, 2.75) is 13.8 Å². The lowest BCUT2D eigenvalue weighted by molar-refractivity contribution is 0.103. The molecule has 0 heterocycles. The minimum Gasteiger partial charge on any atom is -0.493 e. The van der Waals surface area contributed by atoms with Crippen LogP contribution in [0.3, 0.4) is 0 Å². The molecule has 20 heavy (non-hydrogen) atoms. The van der Waals surface area contributed by atoms with Gasteiger partial charge in [0.15, 0.2) is 17.3 Å². The predicted octanol–water partition coefficient (Wildman–Crippen LogP) is 3.55. The number of carbonyl (C=O) groups is 1. The predicted molar refractivity (Wildman–Crippen MR) is 78.9 cm³/mol. The number of carbonyl (C=O) groups excluding carboxylic acids is 1. The Kier molecular flexibility index (Phi) is 4.08. The summed E-state index contributed by atoms with van der Waals surface area (Å²) < 4.78 is 10.4. The van der Waals surface area contributed by atoms with Gasteiger partial charge >= 0.3 is 0 Å². The molecule has 0 saturated carbocycles.